The maximum absolute atomic E-state index is 12.3. The van der Waals surface area contributed by atoms with Crippen molar-refractivity contribution in [3.63, 3.8) is 0 Å². The molecule has 0 bridgehead atoms. The molecule has 1 heterocycles. The number of rotatable bonds is 4. The van der Waals surface area contributed by atoms with Crippen molar-refractivity contribution >= 4 is 17.6 Å². The Labute approximate surface area is 111 Å². The maximum Gasteiger partial charge on any atom is 0.387 e. The Morgan fingerprint density at radius 3 is 2.68 bits per heavy atom. The molecule has 4 nitrogen and oxygen atoms in total. The van der Waals surface area contributed by atoms with Crippen LogP contribution in [-0.4, -0.2) is 22.3 Å². The Kier molecular flexibility index (Phi) is 3.71. The lowest BCUT2D eigenvalue weighted by molar-refractivity contribution is -0.0498. The van der Waals surface area contributed by atoms with Gasteiger partial charge in [0.05, 0.1) is 10.7 Å². The summed E-state index contributed by atoms with van der Waals surface area (Å²) in [5, 5.41) is 9.23. The standard InChI is InChI=1S/C12H8ClF2NO3/c13-7-5-9(11(17)18)16(6-7)8-3-1-2-4-10(8)19-12(14)15/h1-6,12H,(H,17,18). The van der Waals surface area contributed by atoms with Crippen molar-refractivity contribution < 1.29 is 23.4 Å². The number of ether oxygens (including phenoxy) is 1. The number of hydrogen-bond acceptors (Lipinski definition) is 2. The third kappa shape index (κ3) is 2.85. The van der Waals surface area contributed by atoms with E-state index in [0.717, 1.165) is 0 Å². The molecule has 0 unspecified atom stereocenters. The average molecular weight is 288 g/mol. The van der Waals surface area contributed by atoms with Crippen molar-refractivity contribution in [2.45, 2.75) is 6.61 Å². The van der Waals surface area contributed by atoms with E-state index in [-0.39, 0.29) is 22.2 Å². The smallest absolute Gasteiger partial charge is 0.387 e. The Bertz CT molecular complexity index is 613. The number of para-hydroxylation sites is 2. The van der Waals surface area contributed by atoms with Gasteiger partial charge in [0.25, 0.3) is 0 Å². The summed E-state index contributed by atoms with van der Waals surface area (Å²) in [7, 11) is 0. The molecule has 0 atom stereocenters. The highest BCUT2D eigenvalue weighted by Gasteiger charge is 2.17. The molecule has 1 aromatic heterocycles. The molecular weight excluding hydrogens is 280 g/mol. The fourth-order valence-corrected chi connectivity index (χ4v) is 1.85. The molecule has 0 amide bonds. The lowest BCUT2D eigenvalue weighted by Gasteiger charge is -2.12. The topological polar surface area (TPSA) is 51.5 Å². The van der Waals surface area contributed by atoms with Crippen molar-refractivity contribution in [2.24, 2.45) is 0 Å². The van der Waals surface area contributed by atoms with Crippen LogP contribution in [0.5, 0.6) is 5.75 Å². The van der Waals surface area contributed by atoms with Gasteiger partial charge in [-0.05, 0) is 18.2 Å². The quantitative estimate of drug-likeness (QED) is 0.937. The second kappa shape index (κ2) is 5.27. The summed E-state index contributed by atoms with van der Waals surface area (Å²) in [4.78, 5) is 11.1. The molecule has 0 fully saturated rings. The maximum atomic E-state index is 12.3. The van der Waals surface area contributed by atoms with Gasteiger partial charge in [0.1, 0.15) is 11.4 Å². The van der Waals surface area contributed by atoms with Crippen LogP contribution in [0.2, 0.25) is 5.02 Å². The first-order chi connectivity index (χ1) is 8.99. The summed E-state index contributed by atoms with van der Waals surface area (Å²) in [6, 6.07) is 7.09. The average Bonchev–Trinajstić information content (AvgIpc) is 2.71. The number of carboxylic acids is 1. The Morgan fingerprint density at radius 2 is 2.05 bits per heavy atom. The molecule has 1 aromatic carbocycles. The minimum absolute atomic E-state index is 0.132. The molecule has 7 heteroatoms. The normalized spacial score (nSPS) is 10.7. The van der Waals surface area contributed by atoms with E-state index in [4.69, 9.17) is 16.7 Å². The largest absolute Gasteiger partial charge is 0.477 e. The molecule has 100 valence electrons. The highest BCUT2D eigenvalue weighted by molar-refractivity contribution is 6.31. The number of aromatic carboxylic acids is 1. The first kappa shape index (κ1) is 13.4. The van der Waals surface area contributed by atoms with Crippen LogP contribution >= 0.6 is 11.6 Å². The van der Waals surface area contributed by atoms with Gasteiger partial charge >= 0.3 is 12.6 Å². The number of alkyl halides is 2. The van der Waals surface area contributed by atoms with E-state index in [2.05, 4.69) is 4.74 Å². The Morgan fingerprint density at radius 1 is 1.37 bits per heavy atom. The molecule has 0 spiro atoms. The predicted molar refractivity (Wildman–Crippen MR) is 64.4 cm³/mol. The number of carboxylic acid groups (broad SMARTS) is 1. The molecule has 0 aliphatic heterocycles. The number of hydrogen-bond donors (Lipinski definition) is 1. The Hall–Kier alpha value is -2.08. The highest BCUT2D eigenvalue weighted by atomic mass is 35.5. The van der Waals surface area contributed by atoms with E-state index in [1.165, 1.54) is 35.0 Å². The highest BCUT2D eigenvalue weighted by Crippen LogP contribution is 2.28. The van der Waals surface area contributed by atoms with E-state index in [1.54, 1.807) is 6.07 Å². The van der Waals surface area contributed by atoms with Gasteiger partial charge in [-0.1, -0.05) is 23.7 Å². The van der Waals surface area contributed by atoms with Crippen LogP contribution in [0.1, 0.15) is 10.5 Å². The van der Waals surface area contributed by atoms with E-state index in [9.17, 15) is 13.6 Å². The number of aromatic nitrogens is 1. The van der Waals surface area contributed by atoms with Crippen LogP contribution < -0.4 is 4.74 Å². The van der Waals surface area contributed by atoms with Crippen LogP contribution in [0.15, 0.2) is 36.5 Å². The summed E-state index contributed by atoms with van der Waals surface area (Å²) in [6.07, 6.45) is 1.32. The van der Waals surface area contributed by atoms with E-state index < -0.39 is 12.6 Å². The molecule has 19 heavy (non-hydrogen) atoms. The van der Waals surface area contributed by atoms with Gasteiger partial charge in [-0.25, -0.2) is 4.79 Å². The SMILES string of the molecule is O=C(O)c1cc(Cl)cn1-c1ccccc1OC(F)F. The zero-order chi connectivity index (χ0) is 14.0. The van der Waals surface area contributed by atoms with Crippen molar-refractivity contribution in [3.05, 3.63) is 47.2 Å². The molecule has 0 saturated carbocycles. The molecule has 2 rings (SSSR count). The molecule has 2 aromatic rings. The van der Waals surface area contributed by atoms with Gasteiger partial charge in [-0.2, -0.15) is 8.78 Å². The number of nitrogens with zero attached hydrogens (tertiary/aromatic N) is 1. The van der Waals surface area contributed by atoms with Crippen molar-refractivity contribution in [1.29, 1.82) is 0 Å². The molecule has 1 N–H and O–H groups in total. The van der Waals surface area contributed by atoms with E-state index >= 15 is 0 Å². The van der Waals surface area contributed by atoms with Gasteiger partial charge in [0.2, 0.25) is 0 Å². The number of carbonyl (C=O) groups is 1. The molecule has 0 aliphatic rings. The summed E-state index contributed by atoms with van der Waals surface area (Å²) in [5.41, 5.74) is 0.0300. The second-order valence-corrected chi connectivity index (χ2v) is 4.00. The summed E-state index contributed by atoms with van der Waals surface area (Å²) < 4.78 is 30.1. The molecule has 0 aliphatic carbocycles. The minimum Gasteiger partial charge on any atom is -0.477 e. The van der Waals surface area contributed by atoms with Crippen molar-refractivity contribution in [3.8, 4) is 11.4 Å². The van der Waals surface area contributed by atoms with Crippen molar-refractivity contribution in [2.75, 3.05) is 0 Å². The predicted octanol–water partition coefficient (Wildman–Crippen LogP) is 3.43. The van der Waals surface area contributed by atoms with Gasteiger partial charge in [0.15, 0.2) is 0 Å². The zero-order valence-corrected chi connectivity index (χ0v) is 10.1. The second-order valence-electron chi connectivity index (χ2n) is 3.56. The monoisotopic (exact) mass is 287 g/mol. The van der Waals surface area contributed by atoms with Crippen molar-refractivity contribution in [1.82, 2.24) is 4.57 Å². The third-order valence-corrected chi connectivity index (χ3v) is 2.55. The Balaban J connectivity index is 2.55. The van der Waals surface area contributed by atoms with Crippen LogP contribution in [-0.2, 0) is 0 Å². The molecule has 0 saturated heterocycles. The first-order valence-corrected chi connectivity index (χ1v) is 5.52. The van der Waals surface area contributed by atoms with Gasteiger partial charge in [0, 0.05) is 6.20 Å². The molecular formula is C12H8ClF2NO3. The van der Waals surface area contributed by atoms with Gasteiger partial charge in [-0.15, -0.1) is 0 Å². The van der Waals surface area contributed by atoms with Gasteiger partial charge in [-0.3, -0.25) is 0 Å². The molecule has 0 radical (unpaired) electrons. The summed E-state index contributed by atoms with van der Waals surface area (Å²) in [5.74, 6) is -1.36. The van der Waals surface area contributed by atoms with E-state index in [1.807, 2.05) is 0 Å². The summed E-state index contributed by atoms with van der Waals surface area (Å²) >= 11 is 5.74. The fraction of sp³-hybridized carbons (Fsp3) is 0.0833. The number of benzene rings is 1. The van der Waals surface area contributed by atoms with E-state index in [0.29, 0.717) is 0 Å². The lowest BCUT2D eigenvalue weighted by atomic mass is 10.3. The van der Waals surface area contributed by atoms with Gasteiger partial charge < -0.3 is 14.4 Å². The lowest BCUT2D eigenvalue weighted by Crippen LogP contribution is -2.09. The minimum atomic E-state index is -3.00. The zero-order valence-electron chi connectivity index (χ0n) is 9.39. The third-order valence-electron chi connectivity index (χ3n) is 2.35. The summed E-state index contributed by atoms with van der Waals surface area (Å²) in [6.45, 7) is -3.00. The van der Waals surface area contributed by atoms with Crippen LogP contribution in [0, 0.1) is 0 Å². The van der Waals surface area contributed by atoms with Crippen LogP contribution in [0.4, 0.5) is 8.78 Å². The fourth-order valence-electron chi connectivity index (χ4n) is 1.65. The number of halogens is 3. The first-order valence-electron chi connectivity index (χ1n) is 5.14. The van der Waals surface area contributed by atoms with Crippen LogP contribution in [0.3, 0.4) is 0 Å². The van der Waals surface area contributed by atoms with Crippen LogP contribution in [0.25, 0.3) is 5.69 Å².